The molecule has 1 aliphatic carbocycles. The molecule has 0 aromatic heterocycles. The van der Waals surface area contributed by atoms with Crippen molar-refractivity contribution < 1.29 is 4.79 Å². The van der Waals surface area contributed by atoms with Crippen molar-refractivity contribution in [3.63, 3.8) is 0 Å². The molecule has 21 heavy (non-hydrogen) atoms. The van der Waals surface area contributed by atoms with Crippen molar-refractivity contribution in [3.05, 3.63) is 34.9 Å². The number of hydrogen-bond donors (Lipinski definition) is 1. The van der Waals surface area contributed by atoms with Crippen LogP contribution in [0.3, 0.4) is 0 Å². The molecular formula is C16H24Cl2N2O. The number of benzene rings is 1. The molecule has 1 unspecified atom stereocenters. The van der Waals surface area contributed by atoms with Crippen molar-refractivity contribution in [1.29, 1.82) is 0 Å². The monoisotopic (exact) mass is 330 g/mol. The summed E-state index contributed by atoms with van der Waals surface area (Å²) in [5.74, 6) is 0.807. The van der Waals surface area contributed by atoms with E-state index in [-0.39, 0.29) is 24.2 Å². The van der Waals surface area contributed by atoms with Gasteiger partial charge in [0.2, 0.25) is 5.91 Å². The van der Waals surface area contributed by atoms with Crippen molar-refractivity contribution in [2.75, 3.05) is 19.6 Å². The van der Waals surface area contributed by atoms with Gasteiger partial charge in [0.25, 0.3) is 0 Å². The average molecular weight is 331 g/mol. The third kappa shape index (κ3) is 5.85. The summed E-state index contributed by atoms with van der Waals surface area (Å²) in [5, 5.41) is 0.747. The SMILES string of the molecule is CC(CN)C(=O)N(CCc1ccc(Cl)cc1)CC1CC1.Cl. The fourth-order valence-corrected chi connectivity index (χ4v) is 2.36. The summed E-state index contributed by atoms with van der Waals surface area (Å²) in [6.07, 6.45) is 3.37. The van der Waals surface area contributed by atoms with E-state index in [0.29, 0.717) is 12.5 Å². The maximum atomic E-state index is 12.3. The highest BCUT2D eigenvalue weighted by molar-refractivity contribution is 6.30. The third-order valence-corrected chi connectivity index (χ3v) is 4.10. The summed E-state index contributed by atoms with van der Waals surface area (Å²) in [5.41, 5.74) is 6.83. The second-order valence-electron chi connectivity index (χ2n) is 5.74. The van der Waals surface area contributed by atoms with Gasteiger partial charge in [-0.25, -0.2) is 0 Å². The molecule has 0 saturated heterocycles. The Kier molecular flexibility index (Phi) is 7.50. The van der Waals surface area contributed by atoms with Gasteiger partial charge in [-0.2, -0.15) is 0 Å². The lowest BCUT2D eigenvalue weighted by molar-refractivity contribution is -0.134. The van der Waals surface area contributed by atoms with Gasteiger partial charge in [0, 0.05) is 30.6 Å². The quantitative estimate of drug-likeness (QED) is 0.834. The second-order valence-corrected chi connectivity index (χ2v) is 6.18. The molecule has 2 rings (SSSR count). The molecule has 0 bridgehead atoms. The Morgan fingerprint density at radius 2 is 2.00 bits per heavy atom. The zero-order chi connectivity index (χ0) is 14.5. The summed E-state index contributed by atoms with van der Waals surface area (Å²) >= 11 is 5.88. The minimum atomic E-state index is -0.0843. The molecule has 1 saturated carbocycles. The first-order valence-electron chi connectivity index (χ1n) is 7.33. The molecule has 3 nitrogen and oxygen atoms in total. The molecule has 1 aromatic carbocycles. The van der Waals surface area contributed by atoms with E-state index in [1.165, 1.54) is 18.4 Å². The Morgan fingerprint density at radius 1 is 1.38 bits per heavy atom. The normalized spacial score (nSPS) is 15.2. The number of rotatable bonds is 7. The second kappa shape index (κ2) is 8.62. The molecule has 5 heteroatoms. The molecule has 1 amide bonds. The van der Waals surface area contributed by atoms with Crippen LogP contribution in [0.4, 0.5) is 0 Å². The average Bonchev–Trinajstić information content (AvgIpc) is 3.27. The number of carbonyl (C=O) groups is 1. The largest absolute Gasteiger partial charge is 0.342 e. The number of halogens is 2. The van der Waals surface area contributed by atoms with Gasteiger partial charge in [-0.05, 0) is 42.9 Å². The highest BCUT2D eigenvalue weighted by Crippen LogP contribution is 2.30. The standard InChI is InChI=1S/C16H23ClN2O.ClH/c1-12(10-18)16(20)19(11-14-2-3-14)9-8-13-4-6-15(17)7-5-13;/h4-7,12,14H,2-3,8-11,18H2,1H3;1H. The molecule has 118 valence electrons. The maximum Gasteiger partial charge on any atom is 0.226 e. The third-order valence-electron chi connectivity index (χ3n) is 3.85. The van der Waals surface area contributed by atoms with E-state index in [1.807, 2.05) is 36.1 Å². The van der Waals surface area contributed by atoms with Gasteiger partial charge in [-0.1, -0.05) is 30.7 Å². The van der Waals surface area contributed by atoms with E-state index in [1.54, 1.807) is 0 Å². The van der Waals surface area contributed by atoms with Gasteiger partial charge in [-0.15, -0.1) is 12.4 Å². The first-order chi connectivity index (χ1) is 9.60. The van der Waals surface area contributed by atoms with Crippen molar-refractivity contribution in [2.45, 2.75) is 26.2 Å². The van der Waals surface area contributed by atoms with E-state index in [9.17, 15) is 4.79 Å². The lowest BCUT2D eigenvalue weighted by Gasteiger charge is -2.25. The predicted molar refractivity (Wildman–Crippen MR) is 89.9 cm³/mol. The Hall–Kier alpha value is -0.770. The lowest BCUT2D eigenvalue weighted by atomic mass is 10.1. The molecule has 1 aromatic rings. The summed E-state index contributed by atoms with van der Waals surface area (Å²) in [4.78, 5) is 14.3. The van der Waals surface area contributed by atoms with Crippen molar-refractivity contribution in [2.24, 2.45) is 17.6 Å². The summed E-state index contributed by atoms with van der Waals surface area (Å²) in [7, 11) is 0. The smallest absolute Gasteiger partial charge is 0.226 e. The predicted octanol–water partition coefficient (Wildman–Crippen LogP) is 3.14. The summed E-state index contributed by atoms with van der Waals surface area (Å²) in [6, 6.07) is 7.84. The fraction of sp³-hybridized carbons (Fsp3) is 0.562. The number of hydrogen-bond acceptors (Lipinski definition) is 2. The number of nitrogens with zero attached hydrogens (tertiary/aromatic N) is 1. The van der Waals surface area contributed by atoms with E-state index in [0.717, 1.165) is 24.5 Å². The van der Waals surface area contributed by atoms with Crippen LogP contribution < -0.4 is 5.73 Å². The van der Waals surface area contributed by atoms with Crippen LogP contribution in [0.5, 0.6) is 0 Å². The molecular weight excluding hydrogens is 307 g/mol. The zero-order valence-electron chi connectivity index (χ0n) is 12.4. The van der Waals surface area contributed by atoms with Crippen molar-refractivity contribution >= 4 is 29.9 Å². The molecule has 0 aliphatic heterocycles. The number of amides is 1. The minimum Gasteiger partial charge on any atom is -0.342 e. The topological polar surface area (TPSA) is 46.3 Å². The molecule has 1 atom stereocenters. The van der Waals surface area contributed by atoms with Crippen LogP contribution in [0.1, 0.15) is 25.3 Å². The Bertz CT molecular complexity index is 446. The summed E-state index contributed by atoms with van der Waals surface area (Å²) < 4.78 is 0. The number of carbonyl (C=O) groups excluding carboxylic acids is 1. The van der Waals surface area contributed by atoms with Crippen LogP contribution in [0, 0.1) is 11.8 Å². The van der Waals surface area contributed by atoms with Gasteiger partial charge in [-0.3, -0.25) is 4.79 Å². The lowest BCUT2D eigenvalue weighted by Crippen LogP contribution is -2.40. The summed E-state index contributed by atoms with van der Waals surface area (Å²) in [6.45, 7) is 3.98. The Labute approximate surface area is 138 Å². The maximum absolute atomic E-state index is 12.3. The van der Waals surface area contributed by atoms with Crippen LogP contribution in [-0.2, 0) is 11.2 Å². The number of nitrogens with two attached hydrogens (primary N) is 1. The van der Waals surface area contributed by atoms with Crippen LogP contribution >= 0.6 is 24.0 Å². The minimum absolute atomic E-state index is 0. The highest BCUT2D eigenvalue weighted by atomic mass is 35.5. The van der Waals surface area contributed by atoms with Crippen molar-refractivity contribution in [1.82, 2.24) is 4.90 Å². The molecule has 1 fully saturated rings. The molecule has 1 aliphatic rings. The van der Waals surface area contributed by atoms with Crippen LogP contribution in [0.15, 0.2) is 24.3 Å². The van der Waals surface area contributed by atoms with E-state index in [2.05, 4.69) is 0 Å². The van der Waals surface area contributed by atoms with Gasteiger partial charge in [0.05, 0.1) is 0 Å². The molecule has 0 heterocycles. The van der Waals surface area contributed by atoms with E-state index in [4.69, 9.17) is 17.3 Å². The van der Waals surface area contributed by atoms with Crippen LogP contribution in [0.25, 0.3) is 0 Å². The van der Waals surface area contributed by atoms with Gasteiger partial charge in [0.1, 0.15) is 0 Å². The first-order valence-corrected chi connectivity index (χ1v) is 7.71. The van der Waals surface area contributed by atoms with E-state index < -0.39 is 0 Å². The van der Waals surface area contributed by atoms with Gasteiger partial charge in [0.15, 0.2) is 0 Å². The fourth-order valence-electron chi connectivity index (χ4n) is 2.23. The van der Waals surface area contributed by atoms with Crippen LogP contribution in [0.2, 0.25) is 5.02 Å². The molecule has 0 radical (unpaired) electrons. The van der Waals surface area contributed by atoms with Crippen molar-refractivity contribution in [3.8, 4) is 0 Å². The Morgan fingerprint density at radius 3 is 2.52 bits per heavy atom. The van der Waals surface area contributed by atoms with Crippen LogP contribution in [-0.4, -0.2) is 30.4 Å². The Balaban J connectivity index is 0.00000220. The van der Waals surface area contributed by atoms with E-state index >= 15 is 0 Å². The highest BCUT2D eigenvalue weighted by Gasteiger charge is 2.28. The molecule has 0 spiro atoms. The zero-order valence-corrected chi connectivity index (χ0v) is 14.0. The first kappa shape index (κ1) is 18.3. The van der Waals surface area contributed by atoms with Gasteiger partial charge >= 0.3 is 0 Å². The molecule has 2 N–H and O–H groups in total. The van der Waals surface area contributed by atoms with Gasteiger partial charge < -0.3 is 10.6 Å².